The van der Waals surface area contributed by atoms with Gasteiger partial charge in [-0.3, -0.25) is 0 Å². The van der Waals surface area contributed by atoms with Crippen molar-refractivity contribution in [2.45, 2.75) is 38.6 Å². The van der Waals surface area contributed by atoms with Crippen molar-refractivity contribution in [2.24, 2.45) is 5.41 Å². The van der Waals surface area contributed by atoms with Crippen LogP contribution in [0.4, 0.5) is 5.69 Å². The first-order valence-electron chi connectivity index (χ1n) is 12.1. The van der Waals surface area contributed by atoms with Gasteiger partial charge in [-0.1, -0.05) is 25.1 Å². The summed E-state index contributed by atoms with van der Waals surface area (Å²) in [6.45, 7) is 8.72. The first kappa shape index (κ1) is 20.7. The number of likely N-dealkylation sites (tertiary alicyclic amines) is 1. The zero-order valence-electron chi connectivity index (χ0n) is 19.1. The van der Waals surface area contributed by atoms with Gasteiger partial charge in [-0.25, -0.2) is 0 Å². The van der Waals surface area contributed by atoms with Crippen molar-refractivity contribution < 1.29 is 0 Å². The second-order valence-corrected chi connectivity index (χ2v) is 9.68. The van der Waals surface area contributed by atoms with E-state index in [1.54, 1.807) is 0 Å². The molecule has 1 aromatic rings. The van der Waals surface area contributed by atoms with Crippen LogP contribution in [0.3, 0.4) is 0 Å². The van der Waals surface area contributed by atoms with E-state index in [0.29, 0.717) is 5.41 Å². The van der Waals surface area contributed by atoms with Crippen LogP contribution in [-0.2, 0) is 6.42 Å². The van der Waals surface area contributed by atoms with E-state index in [2.05, 4.69) is 69.5 Å². The Balaban J connectivity index is 1.46. The summed E-state index contributed by atoms with van der Waals surface area (Å²) in [5.41, 5.74) is 8.59. The molecule has 166 valence electrons. The fourth-order valence-electron chi connectivity index (χ4n) is 5.67. The molecule has 0 saturated carbocycles. The molecule has 4 heterocycles. The Labute approximate surface area is 187 Å². The lowest BCUT2D eigenvalue weighted by molar-refractivity contribution is 0.221. The summed E-state index contributed by atoms with van der Waals surface area (Å²) < 4.78 is 0. The number of likely N-dealkylation sites (N-methyl/N-ethyl adjacent to an activating group) is 1. The van der Waals surface area contributed by atoms with Gasteiger partial charge in [-0.2, -0.15) is 0 Å². The maximum Gasteiger partial charge on any atom is 0.0701 e. The van der Waals surface area contributed by atoms with Crippen molar-refractivity contribution in [3.05, 3.63) is 58.8 Å². The van der Waals surface area contributed by atoms with Crippen LogP contribution in [0.1, 0.15) is 37.3 Å². The fraction of sp³-hybridized carbons (Fsp3) is 0.538. The number of nitrogens with zero attached hydrogens (tertiary/aromatic N) is 1. The predicted octanol–water partition coefficient (Wildman–Crippen LogP) is 3.09. The molecule has 2 atom stereocenters. The largest absolute Gasteiger partial charge is 0.383 e. The highest BCUT2D eigenvalue weighted by Crippen LogP contribution is 2.42. The van der Waals surface area contributed by atoms with Gasteiger partial charge in [0, 0.05) is 60.8 Å². The smallest absolute Gasteiger partial charge is 0.0701 e. The summed E-state index contributed by atoms with van der Waals surface area (Å²) >= 11 is 0. The Morgan fingerprint density at radius 1 is 1.23 bits per heavy atom. The highest BCUT2D eigenvalue weighted by molar-refractivity contribution is 5.81. The van der Waals surface area contributed by atoms with Gasteiger partial charge in [0.1, 0.15) is 0 Å². The van der Waals surface area contributed by atoms with Crippen LogP contribution >= 0.6 is 0 Å². The molecule has 2 saturated heterocycles. The van der Waals surface area contributed by atoms with Gasteiger partial charge >= 0.3 is 0 Å². The molecule has 4 N–H and O–H groups in total. The maximum absolute atomic E-state index is 3.84. The number of anilines is 1. The zero-order chi connectivity index (χ0) is 21.3. The third-order valence-electron chi connectivity index (χ3n) is 7.53. The number of fused-ring (bicyclic) bond motifs is 1. The minimum absolute atomic E-state index is 0.232. The minimum atomic E-state index is 0.232. The van der Waals surface area contributed by atoms with Crippen LogP contribution in [0.15, 0.2) is 47.7 Å². The van der Waals surface area contributed by atoms with E-state index in [0.717, 1.165) is 19.5 Å². The molecule has 1 aromatic carbocycles. The molecule has 2 fully saturated rings. The molecule has 1 spiro atoms. The molecule has 0 aliphatic carbocycles. The summed E-state index contributed by atoms with van der Waals surface area (Å²) in [7, 11) is 1.99. The zero-order valence-corrected chi connectivity index (χ0v) is 19.1. The lowest BCUT2D eigenvalue weighted by Crippen LogP contribution is -2.42. The van der Waals surface area contributed by atoms with Gasteiger partial charge in [-0.15, -0.1) is 0 Å². The first-order valence-corrected chi connectivity index (χ1v) is 12.1. The van der Waals surface area contributed by atoms with Gasteiger partial charge in [0.2, 0.25) is 0 Å². The van der Waals surface area contributed by atoms with Crippen LogP contribution in [0.25, 0.3) is 5.70 Å². The number of piperidine rings is 1. The van der Waals surface area contributed by atoms with E-state index in [9.17, 15) is 0 Å². The number of dihydropyridines is 1. The maximum atomic E-state index is 3.84. The molecule has 5 rings (SSSR count). The Bertz CT molecular complexity index is 906. The van der Waals surface area contributed by atoms with Gasteiger partial charge in [0.05, 0.1) is 6.04 Å². The molecule has 0 radical (unpaired) electrons. The van der Waals surface area contributed by atoms with Crippen molar-refractivity contribution in [3.63, 3.8) is 0 Å². The van der Waals surface area contributed by atoms with Gasteiger partial charge in [-0.05, 0) is 68.6 Å². The SMILES string of the molecule is CCc1ccc2c(c1)NC(C1=CC=C(CNC)NC1)C=C2N1CCC2(CCCNC2)C1. The molecular weight excluding hydrogens is 382 g/mol. The standard InChI is InChI=1S/C26H37N5/c1-3-19-5-8-22-24(13-19)30-23(20-6-7-21(16-27-2)29-15-20)14-25(22)31-12-10-26(18-31)9-4-11-28-17-26/h5-8,13-14,23,27-30H,3-4,9-12,15-18H2,1-2H3. The molecule has 0 amide bonds. The van der Waals surface area contributed by atoms with Crippen LogP contribution < -0.4 is 21.3 Å². The van der Waals surface area contributed by atoms with Gasteiger partial charge < -0.3 is 26.2 Å². The van der Waals surface area contributed by atoms with E-state index < -0.39 is 0 Å². The number of nitrogens with one attached hydrogen (secondary N) is 4. The molecule has 31 heavy (non-hydrogen) atoms. The third kappa shape index (κ3) is 4.13. The highest BCUT2D eigenvalue weighted by atomic mass is 15.2. The quantitative estimate of drug-likeness (QED) is 0.591. The van der Waals surface area contributed by atoms with Crippen LogP contribution in [0, 0.1) is 5.41 Å². The van der Waals surface area contributed by atoms with E-state index in [4.69, 9.17) is 0 Å². The number of aryl methyl sites for hydroxylation is 1. The second-order valence-electron chi connectivity index (χ2n) is 9.68. The topological polar surface area (TPSA) is 51.4 Å². The molecule has 0 bridgehead atoms. The summed E-state index contributed by atoms with van der Waals surface area (Å²) in [6, 6.07) is 7.24. The third-order valence-corrected chi connectivity index (χ3v) is 7.53. The molecule has 2 unspecified atom stereocenters. The number of allylic oxidation sites excluding steroid dienone is 2. The minimum Gasteiger partial charge on any atom is -0.383 e. The molecule has 4 aliphatic rings. The average molecular weight is 420 g/mol. The van der Waals surface area contributed by atoms with Crippen molar-refractivity contribution in [1.82, 2.24) is 20.9 Å². The normalized spacial score (nSPS) is 27.7. The summed E-state index contributed by atoms with van der Waals surface area (Å²) in [5.74, 6) is 0. The Morgan fingerprint density at radius 2 is 2.16 bits per heavy atom. The molecule has 5 nitrogen and oxygen atoms in total. The number of hydrogen-bond donors (Lipinski definition) is 4. The number of hydrogen-bond acceptors (Lipinski definition) is 5. The van der Waals surface area contributed by atoms with Crippen molar-refractivity contribution >= 4 is 11.4 Å². The fourth-order valence-corrected chi connectivity index (χ4v) is 5.67. The Kier molecular flexibility index (Phi) is 5.81. The van der Waals surface area contributed by atoms with Gasteiger partial charge in [0.15, 0.2) is 0 Å². The van der Waals surface area contributed by atoms with Crippen molar-refractivity contribution in [1.29, 1.82) is 0 Å². The van der Waals surface area contributed by atoms with E-state index in [1.807, 2.05) is 7.05 Å². The van der Waals surface area contributed by atoms with E-state index in [1.165, 1.54) is 79.2 Å². The Hall–Kier alpha value is -2.24. The summed E-state index contributed by atoms with van der Waals surface area (Å²) in [6.07, 6.45) is 12.1. The molecule has 5 heteroatoms. The molecular formula is C26H37N5. The Morgan fingerprint density at radius 3 is 2.90 bits per heavy atom. The monoisotopic (exact) mass is 419 g/mol. The average Bonchev–Trinajstić information content (AvgIpc) is 3.22. The summed E-state index contributed by atoms with van der Waals surface area (Å²) in [4.78, 5) is 2.67. The predicted molar refractivity (Wildman–Crippen MR) is 130 cm³/mol. The summed E-state index contributed by atoms with van der Waals surface area (Å²) in [5, 5.41) is 14.3. The first-order chi connectivity index (χ1) is 15.2. The number of benzene rings is 1. The van der Waals surface area contributed by atoms with E-state index in [-0.39, 0.29) is 6.04 Å². The van der Waals surface area contributed by atoms with Crippen LogP contribution in [0.5, 0.6) is 0 Å². The van der Waals surface area contributed by atoms with Gasteiger partial charge in [0.25, 0.3) is 0 Å². The second kappa shape index (κ2) is 8.71. The van der Waals surface area contributed by atoms with Crippen molar-refractivity contribution in [2.75, 3.05) is 51.6 Å². The van der Waals surface area contributed by atoms with Crippen LogP contribution in [0.2, 0.25) is 0 Å². The van der Waals surface area contributed by atoms with Crippen molar-refractivity contribution in [3.8, 4) is 0 Å². The lowest BCUT2D eigenvalue weighted by Gasteiger charge is -2.37. The lowest BCUT2D eigenvalue weighted by atomic mass is 9.80. The number of rotatable bonds is 5. The highest BCUT2D eigenvalue weighted by Gasteiger charge is 2.40. The van der Waals surface area contributed by atoms with Crippen LogP contribution in [-0.4, -0.2) is 57.3 Å². The van der Waals surface area contributed by atoms with E-state index >= 15 is 0 Å². The molecule has 4 aliphatic heterocycles. The molecule has 0 aromatic heterocycles.